The molecule has 0 saturated carbocycles. The average Bonchev–Trinajstić information content (AvgIpc) is 2.25. The number of carbonyl (C=O) groups is 1. The van der Waals surface area contributed by atoms with Crippen molar-refractivity contribution in [1.29, 1.82) is 0 Å². The predicted molar refractivity (Wildman–Crippen MR) is 58.3 cm³/mol. The molecular formula is C12H16O3. The van der Waals surface area contributed by atoms with Gasteiger partial charge in [0, 0.05) is 6.42 Å². The van der Waals surface area contributed by atoms with E-state index in [0.29, 0.717) is 6.42 Å². The van der Waals surface area contributed by atoms with Gasteiger partial charge in [-0.3, -0.25) is 4.79 Å². The number of carboxylic acids is 1. The minimum atomic E-state index is -0.757. The highest BCUT2D eigenvalue weighted by Gasteiger charge is 2.05. The topological polar surface area (TPSA) is 46.5 Å². The molecule has 0 amide bonds. The summed E-state index contributed by atoms with van der Waals surface area (Å²) in [7, 11) is 1.63. The van der Waals surface area contributed by atoms with Gasteiger partial charge in [-0.25, -0.2) is 0 Å². The largest absolute Gasteiger partial charge is 0.497 e. The van der Waals surface area contributed by atoms with Crippen molar-refractivity contribution in [3.05, 3.63) is 29.3 Å². The molecule has 1 N–H and O–H groups in total. The number of methoxy groups -OCH3 is 1. The van der Waals surface area contributed by atoms with Crippen LogP contribution >= 0.6 is 0 Å². The van der Waals surface area contributed by atoms with E-state index in [1.54, 1.807) is 7.11 Å². The molecule has 0 bridgehead atoms. The van der Waals surface area contributed by atoms with Crippen LogP contribution in [0.2, 0.25) is 0 Å². The van der Waals surface area contributed by atoms with Crippen LogP contribution in [0.15, 0.2) is 18.2 Å². The van der Waals surface area contributed by atoms with Crippen LogP contribution in [0, 0.1) is 0 Å². The van der Waals surface area contributed by atoms with Crippen LogP contribution < -0.4 is 4.74 Å². The van der Waals surface area contributed by atoms with E-state index in [2.05, 4.69) is 6.92 Å². The van der Waals surface area contributed by atoms with E-state index in [4.69, 9.17) is 9.84 Å². The first kappa shape index (κ1) is 11.6. The average molecular weight is 208 g/mol. The number of aliphatic carboxylic acids is 1. The summed E-state index contributed by atoms with van der Waals surface area (Å²) in [5.41, 5.74) is 2.26. The molecule has 0 spiro atoms. The number of rotatable bonds is 5. The molecule has 15 heavy (non-hydrogen) atoms. The van der Waals surface area contributed by atoms with Crippen molar-refractivity contribution in [2.75, 3.05) is 7.11 Å². The number of ether oxygens (including phenoxy) is 1. The van der Waals surface area contributed by atoms with Gasteiger partial charge in [0.1, 0.15) is 5.75 Å². The Balaban J connectivity index is 2.82. The Hall–Kier alpha value is -1.51. The predicted octanol–water partition coefficient (Wildman–Crippen LogP) is 2.27. The van der Waals surface area contributed by atoms with Crippen molar-refractivity contribution in [3.63, 3.8) is 0 Å². The van der Waals surface area contributed by atoms with E-state index >= 15 is 0 Å². The van der Waals surface area contributed by atoms with E-state index in [9.17, 15) is 4.79 Å². The van der Waals surface area contributed by atoms with Crippen LogP contribution in [0.1, 0.15) is 24.5 Å². The van der Waals surface area contributed by atoms with Crippen molar-refractivity contribution in [3.8, 4) is 5.75 Å². The van der Waals surface area contributed by atoms with Gasteiger partial charge >= 0.3 is 5.97 Å². The highest BCUT2D eigenvalue weighted by Crippen LogP contribution is 2.19. The summed E-state index contributed by atoms with van der Waals surface area (Å²) in [6, 6.07) is 5.79. The highest BCUT2D eigenvalue weighted by atomic mass is 16.5. The van der Waals surface area contributed by atoms with Gasteiger partial charge in [-0.2, -0.15) is 0 Å². The lowest BCUT2D eigenvalue weighted by Crippen LogP contribution is -2.00. The molecule has 0 aliphatic carbocycles. The summed E-state index contributed by atoms with van der Waals surface area (Å²) < 4.78 is 5.12. The Morgan fingerprint density at radius 2 is 2.13 bits per heavy atom. The van der Waals surface area contributed by atoms with E-state index in [1.165, 1.54) is 0 Å². The number of benzene rings is 1. The second-order valence-corrected chi connectivity index (χ2v) is 3.38. The smallest absolute Gasteiger partial charge is 0.303 e. The summed E-state index contributed by atoms with van der Waals surface area (Å²) in [5.74, 6) is 0.0683. The lowest BCUT2D eigenvalue weighted by atomic mass is 10.0. The van der Waals surface area contributed by atoms with Gasteiger partial charge in [0.05, 0.1) is 7.11 Å². The van der Waals surface area contributed by atoms with Gasteiger partial charge in [0.2, 0.25) is 0 Å². The Morgan fingerprint density at radius 3 is 2.67 bits per heavy atom. The molecule has 1 rings (SSSR count). The summed E-state index contributed by atoms with van der Waals surface area (Å²) in [5, 5.41) is 8.61. The van der Waals surface area contributed by atoms with Crippen LogP contribution in [0.4, 0.5) is 0 Å². The standard InChI is InChI=1S/C12H16O3/c1-3-9-8-11(15-2)6-4-10(9)5-7-12(13)14/h4,6,8H,3,5,7H2,1-2H3,(H,13,14). The zero-order valence-electron chi connectivity index (χ0n) is 9.12. The third-order valence-corrected chi connectivity index (χ3v) is 2.40. The molecule has 0 aliphatic rings. The first-order valence-corrected chi connectivity index (χ1v) is 5.05. The van der Waals surface area contributed by atoms with Crippen LogP contribution in [-0.2, 0) is 17.6 Å². The molecule has 3 nitrogen and oxygen atoms in total. The molecule has 1 aromatic rings. The lowest BCUT2D eigenvalue weighted by molar-refractivity contribution is -0.136. The van der Waals surface area contributed by atoms with E-state index in [1.807, 2.05) is 18.2 Å². The van der Waals surface area contributed by atoms with Gasteiger partial charge in [0.25, 0.3) is 0 Å². The lowest BCUT2D eigenvalue weighted by Gasteiger charge is -2.08. The normalized spacial score (nSPS) is 10.0. The summed E-state index contributed by atoms with van der Waals surface area (Å²) >= 11 is 0. The molecular weight excluding hydrogens is 192 g/mol. The van der Waals surface area contributed by atoms with Crippen LogP contribution in [-0.4, -0.2) is 18.2 Å². The molecule has 1 aromatic carbocycles. The first-order chi connectivity index (χ1) is 7.17. The minimum Gasteiger partial charge on any atom is -0.497 e. The summed E-state index contributed by atoms with van der Waals surface area (Å²) in [6.45, 7) is 2.05. The number of hydrogen-bond acceptors (Lipinski definition) is 2. The molecule has 0 unspecified atom stereocenters. The number of hydrogen-bond donors (Lipinski definition) is 1. The third-order valence-electron chi connectivity index (χ3n) is 2.40. The van der Waals surface area contributed by atoms with Crippen molar-refractivity contribution in [1.82, 2.24) is 0 Å². The van der Waals surface area contributed by atoms with Crippen molar-refractivity contribution >= 4 is 5.97 Å². The van der Waals surface area contributed by atoms with Gasteiger partial charge in [-0.05, 0) is 36.1 Å². The molecule has 0 fully saturated rings. The molecule has 0 heterocycles. The Bertz CT molecular complexity index is 345. The Kier molecular flexibility index (Phi) is 4.16. The van der Waals surface area contributed by atoms with Crippen LogP contribution in [0.5, 0.6) is 5.75 Å². The zero-order valence-corrected chi connectivity index (χ0v) is 9.12. The maximum absolute atomic E-state index is 10.5. The molecule has 0 saturated heterocycles. The van der Waals surface area contributed by atoms with E-state index < -0.39 is 5.97 Å². The fraction of sp³-hybridized carbons (Fsp3) is 0.417. The fourth-order valence-electron chi connectivity index (χ4n) is 1.54. The van der Waals surface area contributed by atoms with Crippen LogP contribution in [0.3, 0.4) is 0 Å². The fourth-order valence-corrected chi connectivity index (χ4v) is 1.54. The Labute approximate surface area is 89.7 Å². The third kappa shape index (κ3) is 3.27. The molecule has 0 aliphatic heterocycles. The van der Waals surface area contributed by atoms with Crippen molar-refractivity contribution < 1.29 is 14.6 Å². The molecule has 0 radical (unpaired) electrons. The minimum absolute atomic E-state index is 0.180. The molecule has 0 atom stereocenters. The summed E-state index contributed by atoms with van der Waals surface area (Å²) in [6.07, 6.45) is 1.66. The van der Waals surface area contributed by atoms with Gasteiger partial charge < -0.3 is 9.84 Å². The quantitative estimate of drug-likeness (QED) is 0.807. The molecule has 82 valence electrons. The first-order valence-electron chi connectivity index (χ1n) is 5.05. The monoisotopic (exact) mass is 208 g/mol. The van der Waals surface area contributed by atoms with Crippen molar-refractivity contribution in [2.45, 2.75) is 26.2 Å². The molecule has 0 aromatic heterocycles. The molecule has 3 heteroatoms. The second-order valence-electron chi connectivity index (χ2n) is 3.38. The SMILES string of the molecule is CCc1cc(OC)ccc1CCC(=O)O. The van der Waals surface area contributed by atoms with Crippen LogP contribution in [0.25, 0.3) is 0 Å². The maximum atomic E-state index is 10.5. The zero-order chi connectivity index (χ0) is 11.3. The highest BCUT2D eigenvalue weighted by molar-refractivity contribution is 5.67. The maximum Gasteiger partial charge on any atom is 0.303 e. The second kappa shape index (κ2) is 5.39. The van der Waals surface area contributed by atoms with Gasteiger partial charge in [-0.1, -0.05) is 13.0 Å². The summed E-state index contributed by atoms with van der Waals surface area (Å²) in [4.78, 5) is 10.5. The number of aryl methyl sites for hydroxylation is 2. The Morgan fingerprint density at radius 1 is 1.40 bits per heavy atom. The van der Waals surface area contributed by atoms with E-state index in [0.717, 1.165) is 23.3 Å². The van der Waals surface area contributed by atoms with Crippen molar-refractivity contribution in [2.24, 2.45) is 0 Å². The van der Waals surface area contributed by atoms with Gasteiger partial charge in [0.15, 0.2) is 0 Å². The van der Waals surface area contributed by atoms with Gasteiger partial charge in [-0.15, -0.1) is 0 Å². The van der Waals surface area contributed by atoms with E-state index in [-0.39, 0.29) is 6.42 Å². The number of carboxylic acid groups (broad SMARTS) is 1.